The topological polar surface area (TPSA) is 108 Å². The number of benzene rings is 2. The van der Waals surface area contributed by atoms with Crippen LogP contribution in [-0.4, -0.2) is 38.6 Å². The molecule has 0 amide bonds. The third-order valence-electron chi connectivity index (χ3n) is 3.78. The van der Waals surface area contributed by atoms with Gasteiger partial charge in [0.1, 0.15) is 5.52 Å². The lowest BCUT2D eigenvalue weighted by Crippen LogP contribution is -1.99. The zero-order valence-corrected chi connectivity index (χ0v) is 15.1. The van der Waals surface area contributed by atoms with Crippen LogP contribution in [0.1, 0.15) is 5.56 Å². The maximum absolute atomic E-state index is 10.1. The monoisotopic (exact) mass is 412 g/mol. The summed E-state index contributed by atoms with van der Waals surface area (Å²) < 4.78 is 5.86. The van der Waals surface area contributed by atoms with Crippen molar-refractivity contribution < 1.29 is 9.84 Å². The summed E-state index contributed by atoms with van der Waals surface area (Å²) in [6, 6.07) is 11.2. The molecule has 0 saturated heterocycles. The number of nitrogens with one attached hydrogen (secondary N) is 2. The van der Waals surface area contributed by atoms with Crippen molar-refractivity contribution in [3.05, 3.63) is 46.4 Å². The number of ether oxygens (including phenoxy) is 1. The molecule has 0 bridgehead atoms. The Bertz CT molecular complexity index is 1140. The van der Waals surface area contributed by atoms with Gasteiger partial charge >= 0.3 is 0 Å². The van der Waals surface area contributed by atoms with E-state index in [0.29, 0.717) is 22.5 Å². The lowest BCUT2D eigenvalue weighted by Gasteiger charge is -2.06. The van der Waals surface area contributed by atoms with Crippen LogP contribution >= 0.6 is 15.9 Å². The van der Waals surface area contributed by atoms with Crippen molar-refractivity contribution in [2.24, 2.45) is 5.10 Å². The largest absolute Gasteiger partial charge is 0.504 e. The molecule has 2 aromatic heterocycles. The molecule has 2 heterocycles. The van der Waals surface area contributed by atoms with E-state index in [9.17, 15) is 5.11 Å². The Morgan fingerprint density at radius 1 is 1.27 bits per heavy atom. The molecular weight excluding hydrogens is 400 g/mol. The number of methoxy groups -OCH3 is 1. The fourth-order valence-electron chi connectivity index (χ4n) is 2.58. The molecule has 0 radical (unpaired) electrons. The van der Waals surface area contributed by atoms with Crippen molar-refractivity contribution >= 4 is 50.2 Å². The summed E-state index contributed by atoms with van der Waals surface area (Å²) >= 11 is 3.36. The fraction of sp³-hybridized carbons (Fsp3) is 0.0588. The van der Waals surface area contributed by atoms with Crippen LogP contribution < -0.4 is 10.2 Å². The summed E-state index contributed by atoms with van der Waals surface area (Å²) in [7, 11) is 1.48. The third kappa shape index (κ3) is 2.93. The Morgan fingerprint density at radius 3 is 2.96 bits per heavy atom. The van der Waals surface area contributed by atoms with E-state index < -0.39 is 0 Å². The van der Waals surface area contributed by atoms with Crippen molar-refractivity contribution in [1.82, 2.24) is 20.2 Å². The van der Waals surface area contributed by atoms with E-state index in [2.05, 4.69) is 46.6 Å². The molecule has 0 aliphatic carbocycles. The first-order valence-corrected chi connectivity index (χ1v) is 8.41. The molecule has 0 saturated carbocycles. The Hall–Kier alpha value is -3.20. The summed E-state index contributed by atoms with van der Waals surface area (Å²) in [5, 5.41) is 23.4. The van der Waals surface area contributed by atoms with Crippen LogP contribution in [0.15, 0.2) is 46.0 Å². The van der Waals surface area contributed by atoms with E-state index >= 15 is 0 Å². The zero-order valence-electron chi connectivity index (χ0n) is 13.6. The molecule has 9 heteroatoms. The highest BCUT2D eigenvalue weighted by Gasteiger charge is 2.09. The molecule has 4 rings (SSSR count). The first kappa shape index (κ1) is 16.3. The number of H-pyrrole nitrogens is 1. The summed E-state index contributed by atoms with van der Waals surface area (Å²) in [6.45, 7) is 0. The summed E-state index contributed by atoms with van der Waals surface area (Å²) in [5.41, 5.74) is 5.44. The minimum absolute atomic E-state index is 0.00800. The molecule has 4 aromatic rings. The highest BCUT2D eigenvalue weighted by Crippen LogP contribution is 2.32. The molecule has 0 atom stereocenters. The van der Waals surface area contributed by atoms with E-state index in [1.807, 2.05) is 24.3 Å². The van der Waals surface area contributed by atoms with Crippen molar-refractivity contribution in [1.29, 1.82) is 0 Å². The van der Waals surface area contributed by atoms with Gasteiger partial charge in [-0.15, -0.1) is 10.2 Å². The Labute approximate surface area is 156 Å². The summed E-state index contributed by atoms with van der Waals surface area (Å²) in [6.07, 6.45) is 1.45. The highest BCUT2D eigenvalue weighted by molar-refractivity contribution is 9.10. The lowest BCUT2D eigenvalue weighted by molar-refractivity contribution is 0.373. The van der Waals surface area contributed by atoms with Crippen LogP contribution in [0.3, 0.4) is 0 Å². The minimum Gasteiger partial charge on any atom is -0.504 e. The van der Waals surface area contributed by atoms with Gasteiger partial charge in [-0.2, -0.15) is 10.1 Å². The molecular formula is C17H13BrN6O2. The van der Waals surface area contributed by atoms with Crippen LogP contribution in [0.4, 0.5) is 5.95 Å². The molecule has 8 nitrogen and oxygen atoms in total. The number of nitrogens with zero attached hydrogens (tertiary/aromatic N) is 4. The van der Waals surface area contributed by atoms with Gasteiger partial charge < -0.3 is 14.8 Å². The molecule has 0 aliphatic heterocycles. The van der Waals surface area contributed by atoms with Gasteiger partial charge in [0.25, 0.3) is 5.95 Å². The molecule has 0 aliphatic rings. The number of aromatic hydroxyl groups is 1. The highest BCUT2D eigenvalue weighted by atomic mass is 79.9. The number of rotatable bonds is 4. The number of para-hydroxylation sites is 1. The van der Waals surface area contributed by atoms with Gasteiger partial charge in [-0.05, 0) is 18.2 Å². The number of anilines is 1. The van der Waals surface area contributed by atoms with Crippen LogP contribution in [0.25, 0.3) is 22.1 Å². The first-order valence-electron chi connectivity index (χ1n) is 7.62. The number of hydrogen-bond acceptors (Lipinski definition) is 7. The van der Waals surface area contributed by atoms with Crippen molar-refractivity contribution in [2.75, 3.05) is 12.5 Å². The number of aromatic amines is 1. The predicted molar refractivity (Wildman–Crippen MR) is 103 cm³/mol. The van der Waals surface area contributed by atoms with E-state index in [1.54, 1.807) is 12.1 Å². The molecule has 2 aromatic carbocycles. The standard InChI is InChI=1S/C17H13BrN6O2/c1-26-13-7-10(18)6-9(15(13)25)8-19-23-17-21-16-14(22-24-17)11-4-2-3-5-12(11)20-16/h2-8,25H,1H3,(H2,20,21,23,24)/b19-8-. The molecule has 3 N–H and O–H groups in total. The van der Waals surface area contributed by atoms with Crippen molar-refractivity contribution in [3.8, 4) is 11.5 Å². The van der Waals surface area contributed by atoms with E-state index in [-0.39, 0.29) is 11.7 Å². The van der Waals surface area contributed by atoms with Crippen LogP contribution in [0, 0.1) is 0 Å². The lowest BCUT2D eigenvalue weighted by atomic mass is 10.2. The van der Waals surface area contributed by atoms with Crippen molar-refractivity contribution in [2.45, 2.75) is 0 Å². The van der Waals surface area contributed by atoms with E-state index in [4.69, 9.17) is 4.74 Å². The number of phenolic OH excluding ortho intramolecular Hbond substituents is 1. The number of aromatic nitrogens is 4. The third-order valence-corrected chi connectivity index (χ3v) is 4.24. The van der Waals surface area contributed by atoms with E-state index in [0.717, 1.165) is 15.4 Å². The van der Waals surface area contributed by atoms with Gasteiger partial charge in [0.2, 0.25) is 0 Å². The summed E-state index contributed by atoms with van der Waals surface area (Å²) in [4.78, 5) is 7.56. The second-order valence-corrected chi connectivity index (χ2v) is 6.33. The first-order chi connectivity index (χ1) is 12.7. The number of hydrogen-bond donors (Lipinski definition) is 3. The molecule has 0 spiro atoms. The zero-order chi connectivity index (χ0) is 18.1. The SMILES string of the molecule is COc1cc(Br)cc(/C=N\Nc2nnc3c(n2)[nH]c2ccccc23)c1O. The Morgan fingerprint density at radius 2 is 2.12 bits per heavy atom. The average molecular weight is 413 g/mol. The van der Waals surface area contributed by atoms with Gasteiger partial charge in [-0.25, -0.2) is 5.43 Å². The van der Waals surface area contributed by atoms with Gasteiger partial charge in [0, 0.05) is 20.9 Å². The molecule has 26 heavy (non-hydrogen) atoms. The quantitative estimate of drug-likeness (QED) is 0.350. The van der Waals surface area contributed by atoms with Gasteiger partial charge in [-0.3, -0.25) is 0 Å². The smallest absolute Gasteiger partial charge is 0.265 e. The van der Waals surface area contributed by atoms with Gasteiger partial charge in [0.15, 0.2) is 17.1 Å². The summed E-state index contributed by atoms with van der Waals surface area (Å²) in [5.74, 6) is 0.575. The number of phenols is 1. The van der Waals surface area contributed by atoms with Gasteiger partial charge in [-0.1, -0.05) is 34.1 Å². The Balaban J connectivity index is 1.61. The average Bonchev–Trinajstić information content (AvgIpc) is 3.02. The number of fused-ring (bicyclic) bond motifs is 3. The molecule has 0 unspecified atom stereocenters. The minimum atomic E-state index is -0.00800. The normalized spacial score (nSPS) is 11.5. The fourth-order valence-corrected chi connectivity index (χ4v) is 3.03. The Kier molecular flexibility index (Phi) is 4.13. The molecule has 130 valence electrons. The van der Waals surface area contributed by atoms with Gasteiger partial charge in [0.05, 0.1) is 13.3 Å². The second-order valence-electron chi connectivity index (χ2n) is 5.42. The van der Waals surface area contributed by atoms with Crippen LogP contribution in [0.2, 0.25) is 0 Å². The predicted octanol–water partition coefficient (Wildman–Crippen LogP) is 3.43. The molecule has 0 fully saturated rings. The maximum Gasteiger partial charge on any atom is 0.265 e. The van der Waals surface area contributed by atoms with Crippen LogP contribution in [-0.2, 0) is 0 Å². The van der Waals surface area contributed by atoms with Crippen LogP contribution in [0.5, 0.6) is 11.5 Å². The van der Waals surface area contributed by atoms with Crippen molar-refractivity contribution in [3.63, 3.8) is 0 Å². The van der Waals surface area contributed by atoms with E-state index in [1.165, 1.54) is 13.3 Å². The maximum atomic E-state index is 10.1. The number of halogens is 1. The number of hydrazone groups is 1. The second kappa shape index (κ2) is 6.60.